The molecule has 0 aliphatic carbocycles. The third kappa shape index (κ3) is 1.96. The second-order valence-electron chi connectivity index (χ2n) is 4.55. The number of carboxylic acid groups (broad SMARTS) is 1. The smallest absolute Gasteiger partial charge is 0.337 e. The van der Waals surface area contributed by atoms with Crippen molar-refractivity contribution in [1.29, 1.82) is 0 Å². The van der Waals surface area contributed by atoms with E-state index >= 15 is 0 Å². The first-order valence-corrected chi connectivity index (χ1v) is 6.43. The van der Waals surface area contributed by atoms with Gasteiger partial charge < -0.3 is 14.2 Å². The highest BCUT2D eigenvalue weighted by Gasteiger charge is 2.13. The minimum absolute atomic E-state index is 0.285. The molecule has 0 radical (unpaired) electrons. The van der Waals surface area contributed by atoms with E-state index in [4.69, 9.17) is 11.6 Å². The van der Waals surface area contributed by atoms with Crippen LogP contribution in [0.15, 0.2) is 36.7 Å². The van der Waals surface area contributed by atoms with Crippen LogP contribution in [0.2, 0.25) is 5.15 Å². The van der Waals surface area contributed by atoms with E-state index in [9.17, 15) is 9.90 Å². The van der Waals surface area contributed by atoms with Crippen molar-refractivity contribution in [2.75, 3.05) is 0 Å². The predicted molar refractivity (Wildman–Crippen MR) is 76.2 cm³/mol. The van der Waals surface area contributed by atoms with Gasteiger partial charge in [-0.2, -0.15) is 0 Å². The number of rotatable bonds is 3. The van der Waals surface area contributed by atoms with Crippen LogP contribution in [0.25, 0.3) is 10.9 Å². The Bertz CT molecular complexity index is 804. The fraction of sp³-hybridized carbons (Fsp3) is 0.143. The number of fused-ring (bicyclic) bond motifs is 1. The molecule has 102 valence electrons. The summed E-state index contributed by atoms with van der Waals surface area (Å²) in [5.74, 6) is -0.166. The molecule has 0 unspecified atom stereocenters. The molecule has 0 saturated heterocycles. The number of halogens is 1. The van der Waals surface area contributed by atoms with Crippen LogP contribution in [-0.2, 0) is 13.6 Å². The quantitative estimate of drug-likeness (QED) is 0.806. The molecule has 3 aromatic rings. The van der Waals surface area contributed by atoms with Gasteiger partial charge in [0.1, 0.15) is 11.0 Å². The van der Waals surface area contributed by atoms with Crippen molar-refractivity contribution in [2.24, 2.45) is 7.05 Å². The topological polar surface area (TPSA) is 60.0 Å². The molecular weight excluding hydrogens is 278 g/mol. The third-order valence-corrected chi connectivity index (χ3v) is 3.71. The van der Waals surface area contributed by atoms with E-state index in [1.54, 1.807) is 22.9 Å². The third-order valence-electron chi connectivity index (χ3n) is 3.36. The molecule has 0 fully saturated rings. The van der Waals surface area contributed by atoms with Gasteiger partial charge in [-0.05, 0) is 12.1 Å². The molecule has 0 spiro atoms. The van der Waals surface area contributed by atoms with Crippen LogP contribution < -0.4 is 0 Å². The van der Waals surface area contributed by atoms with Gasteiger partial charge in [-0.15, -0.1) is 0 Å². The largest absolute Gasteiger partial charge is 0.478 e. The van der Waals surface area contributed by atoms with Gasteiger partial charge in [-0.1, -0.05) is 23.7 Å². The van der Waals surface area contributed by atoms with Crippen LogP contribution >= 0.6 is 11.6 Å². The van der Waals surface area contributed by atoms with E-state index in [1.807, 2.05) is 29.9 Å². The maximum absolute atomic E-state index is 11.3. The predicted octanol–water partition coefficient (Wildman–Crippen LogP) is 2.77. The lowest BCUT2D eigenvalue weighted by Gasteiger charge is -2.08. The van der Waals surface area contributed by atoms with E-state index in [0.29, 0.717) is 17.2 Å². The first-order valence-electron chi connectivity index (χ1n) is 6.05. The Morgan fingerprint density at radius 3 is 2.85 bits per heavy atom. The monoisotopic (exact) mass is 289 g/mol. The van der Waals surface area contributed by atoms with Gasteiger partial charge in [0.05, 0.1) is 23.8 Å². The molecule has 0 atom stereocenters. The zero-order valence-electron chi connectivity index (χ0n) is 10.7. The van der Waals surface area contributed by atoms with Crippen LogP contribution in [0.5, 0.6) is 0 Å². The van der Waals surface area contributed by atoms with Gasteiger partial charge in [0.15, 0.2) is 0 Å². The molecule has 2 aromatic heterocycles. The molecule has 1 N–H and O–H groups in total. The summed E-state index contributed by atoms with van der Waals surface area (Å²) in [6.07, 6.45) is 3.44. The molecule has 0 bridgehead atoms. The van der Waals surface area contributed by atoms with Gasteiger partial charge >= 0.3 is 5.97 Å². The second kappa shape index (κ2) is 4.68. The van der Waals surface area contributed by atoms with E-state index < -0.39 is 5.97 Å². The van der Waals surface area contributed by atoms with Gasteiger partial charge in [0.2, 0.25) is 0 Å². The highest BCUT2D eigenvalue weighted by molar-refractivity contribution is 6.29. The molecule has 1 aromatic carbocycles. The van der Waals surface area contributed by atoms with E-state index in [1.165, 1.54) is 0 Å². The Labute approximate surface area is 120 Å². The molecule has 0 aliphatic heterocycles. The summed E-state index contributed by atoms with van der Waals surface area (Å²) >= 11 is 5.97. The molecule has 0 amide bonds. The van der Waals surface area contributed by atoms with Crippen molar-refractivity contribution in [3.63, 3.8) is 0 Å². The zero-order chi connectivity index (χ0) is 14.3. The number of nitrogens with zero attached hydrogens (tertiary/aromatic N) is 3. The Balaban J connectivity index is 2.13. The minimum Gasteiger partial charge on any atom is -0.478 e. The Morgan fingerprint density at radius 2 is 2.20 bits per heavy atom. The summed E-state index contributed by atoms with van der Waals surface area (Å²) in [5, 5.41) is 10.7. The highest BCUT2D eigenvalue weighted by Crippen LogP contribution is 2.22. The zero-order valence-corrected chi connectivity index (χ0v) is 11.5. The highest BCUT2D eigenvalue weighted by atomic mass is 35.5. The van der Waals surface area contributed by atoms with Gasteiger partial charge in [-0.3, -0.25) is 0 Å². The lowest BCUT2D eigenvalue weighted by Crippen LogP contribution is -2.07. The molecule has 20 heavy (non-hydrogen) atoms. The minimum atomic E-state index is -0.937. The summed E-state index contributed by atoms with van der Waals surface area (Å²) < 4.78 is 3.65. The number of para-hydroxylation sites is 1. The van der Waals surface area contributed by atoms with Gasteiger partial charge in [-0.25, -0.2) is 9.78 Å². The molecule has 0 aliphatic rings. The molecule has 5 nitrogen and oxygen atoms in total. The molecule has 6 heteroatoms. The van der Waals surface area contributed by atoms with Gasteiger partial charge in [0, 0.05) is 18.6 Å². The fourth-order valence-electron chi connectivity index (χ4n) is 2.29. The SMILES string of the molecule is Cn1c(Cl)cnc1Cn1ccc2cccc(C(=O)O)c21. The number of aromatic nitrogens is 3. The molecular formula is C14H12ClN3O2. The van der Waals surface area contributed by atoms with Crippen LogP contribution in [0.3, 0.4) is 0 Å². The average molecular weight is 290 g/mol. The number of imidazole rings is 1. The summed E-state index contributed by atoms with van der Waals surface area (Å²) in [4.78, 5) is 15.6. The molecule has 0 saturated carbocycles. The summed E-state index contributed by atoms with van der Waals surface area (Å²) in [6.45, 7) is 0.469. The van der Waals surface area contributed by atoms with Crippen LogP contribution in [0.1, 0.15) is 16.2 Å². The van der Waals surface area contributed by atoms with Crippen molar-refractivity contribution in [3.8, 4) is 0 Å². The van der Waals surface area contributed by atoms with Gasteiger partial charge in [0.25, 0.3) is 0 Å². The Hall–Kier alpha value is -2.27. The maximum Gasteiger partial charge on any atom is 0.337 e. The van der Waals surface area contributed by atoms with Crippen molar-refractivity contribution in [3.05, 3.63) is 53.2 Å². The lowest BCUT2D eigenvalue weighted by atomic mass is 10.1. The average Bonchev–Trinajstić information content (AvgIpc) is 2.97. The summed E-state index contributed by atoms with van der Waals surface area (Å²) in [6, 6.07) is 7.14. The number of aromatic carboxylic acids is 1. The maximum atomic E-state index is 11.3. The number of hydrogen-bond donors (Lipinski definition) is 1. The van der Waals surface area contributed by atoms with E-state index in [-0.39, 0.29) is 5.56 Å². The van der Waals surface area contributed by atoms with Crippen molar-refractivity contribution in [1.82, 2.24) is 14.1 Å². The molecule has 3 rings (SSSR count). The summed E-state index contributed by atoms with van der Waals surface area (Å²) in [7, 11) is 1.83. The number of carboxylic acids is 1. The van der Waals surface area contributed by atoms with Crippen molar-refractivity contribution < 1.29 is 9.90 Å². The van der Waals surface area contributed by atoms with E-state index in [0.717, 1.165) is 11.2 Å². The fourth-order valence-corrected chi connectivity index (χ4v) is 2.44. The van der Waals surface area contributed by atoms with Crippen molar-refractivity contribution in [2.45, 2.75) is 6.54 Å². The van der Waals surface area contributed by atoms with E-state index in [2.05, 4.69) is 4.98 Å². The Morgan fingerprint density at radius 1 is 1.40 bits per heavy atom. The molecule has 2 heterocycles. The first kappa shape index (κ1) is 12.7. The first-order chi connectivity index (χ1) is 9.58. The van der Waals surface area contributed by atoms with Crippen LogP contribution in [0.4, 0.5) is 0 Å². The van der Waals surface area contributed by atoms with Crippen LogP contribution in [-0.4, -0.2) is 25.2 Å². The number of carbonyl (C=O) groups is 1. The van der Waals surface area contributed by atoms with Crippen molar-refractivity contribution >= 4 is 28.5 Å². The lowest BCUT2D eigenvalue weighted by molar-refractivity contribution is 0.0698. The second-order valence-corrected chi connectivity index (χ2v) is 4.94. The normalized spacial score (nSPS) is 11.1. The summed E-state index contributed by atoms with van der Waals surface area (Å²) in [5.41, 5.74) is 0.979. The number of hydrogen-bond acceptors (Lipinski definition) is 2. The Kier molecular flexibility index (Phi) is 2.99. The standard InChI is InChI=1S/C14H12ClN3O2/c1-17-11(15)7-16-12(17)8-18-6-5-9-3-2-4-10(13(9)18)14(19)20/h2-7H,8H2,1H3,(H,19,20). The van der Waals surface area contributed by atoms with Crippen LogP contribution in [0, 0.1) is 0 Å². The number of benzene rings is 1.